The third-order valence-electron chi connectivity index (χ3n) is 12.7. The van der Waals surface area contributed by atoms with Crippen LogP contribution in [0.5, 0.6) is 0 Å². The molecule has 0 saturated heterocycles. The second kappa shape index (κ2) is 20.6. The molecular weight excluding hydrogens is 839 g/mol. The number of benzene rings is 6. The normalized spacial score (nSPS) is 13.4. The highest BCUT2D eigenvalue weighted by atomic mass is 16.5. The lowest BCUT2D eigenvalue weighted by Crippen LogP contribution is -2.57. The zero-order chi connectivity index (χ0) is 46.9. The van der Waals surface area contributed by atoms with Gasteiger partial charge in [0.05, 0.1) is 12.0 Å². The largest absolute Gasteiger partial charge is 0.480 e. The summed E-state index contributed by atoms with van der Waals surface area (Å²) in [5, 5.41) is 15.8. The Morgan fingerprint density at radius 2 is 1.16 bits per heavy atom. The van der Waals surface area contributed by atoms with Gasteiger partial charge in [-0.15, -0.1) is 0 Å². The highest BCUT2D eigenvalue weighted by molar-refractivity contribution is 5.93. The number of hydrogen-bond donors (Lipinski definition) is 3. The van der Waals surface area contributed by atoms with Gasteiger partial charge in [0.2, 0.25) is 11.8 Å². The minimum atomic E-state index is -1.24. The van der Waals surface area contributed by atoms with Crippen LogP contribution < -0.4 is 10.6 Å². The van der Waals surface area contributed by atoms with Crippen molar-refractivity contribution in [2.75, 3.05) is 13.7 Å². The summed E-state index contributed by atoms with van der Waals surface area (Å²) in [7, 11) is 1.50. The van der Waals surface area contributed by atoms with E-state index in [-0.39, 0.29) is 37.7 Å². The number of carboxylic acids is 1. The number of fused-ring (bicyclic) bond motifs is 3. The molecule has 6 aromatic carbocycles. The predicted octanol–water partition coefficient (Wildman–Crippen LogP) is 8.86. The first-order valence-corrected chi connectivity index (χ1v) is 22.7. The molecular formula is C56H55N5O6. The molecule has 3 N–H and O–H groups in total. The van der Waals surface area contributed by atoms with E-state index in [4.69, 9.17) is 9.72 Å². The zero-order valence-corrected chi connectivity index (χ0v) is 37.9. The first kappa shape index (κ1) is 45.8. The molecule has 1 heterocycles. The van der Waals surface area contributed by atoms with Crippen molar-refractivity contribution in [3.63, 3.8) is 0 Å². The second-order valence-corrected chi connectivity index (χ2v) is 17.5. The van der Waals surface area contributed by atoms with E-state index in [1.807, 2.05) is 146 Å². The lowest BCUT2D eigenvalue weighted by atomic mass is 9.77. The van der Waals surface area contributed by atoms with Crippen LogP contribution in [-0.2, 0) is 37.5 Å². The standard InChI is InChI=1S/C56H55N5O6/c1-38(2)32-50(54(64)65)58-52(62)51(34-43-35-61(37-57-43)56(40-22-10-5-11-23-40,41-24-12-6-13-25-41)42-26-14-7-15-27-42)60(3)53(63)49(33-39-20-8-4-9-21-39)59-55(66)67-36-48-46-30-18-16-28-44(46)45-29-17-19-31-47(45)48/h4-31,35,37-38,48-51H,32-34,36H2,1-3H3,(H,58,62)(H,59,66)(H,64,65)/t49-,50-,51-/m0/s1. The van der Waals surface area contributed by atoms with Gasteiger partial charge in [0, 0.05) is 32.0 Å². The zero-order valence-electron chi connectivity index (χ0n) is 37.9. The Bertz CT molecular complexity index is 2660. The van der Waals surface area contributed by atoms with Crippen molar-refractivity contribution < 1.29 is 29.0 Å². The molecule has 0 unspecified atom stereocenters. The van der Waals surface area contributed by atoms with E-state index in [2.05, 4.69) is 59.2 Å². The van der Waals surface area contributed by atoms with Gasteiger partial charge in [-0.05, 0) is 56.8 Å². The Kier molecular flexibility index (Phi) is 14.1. The second-order valence-electron chi connectivity index (χ2n) is 17.5. The van der Waals surface area contributed by atoms with Gasteiger partial charge in [0.25, 0.3) is 0 Å². The maximum absolute atomic E-state index is 15.0. The number of imidazole rings is 1. The van der Waals surface area contributed by atoms with Gasteiger partial charge in [0.1, 0.15) is 30.3 Å². The third-order valence-corrected chi connectivity index (χ3v) is 12.7. The van der Waals surface area contributed by atoms with Gasteiger partial charge in [-0.25, -0.2) is 14.6 Å². The van der Waals surface area contributed by atoms with Crippen molar-refractivity contribution in [3.05, 3.63) is 221 Å². The predicted molar refractivity (Wildman–Crippen MR) is 258 cm³/mol. The fraction of sp³-hybridized carbons (Fsp3) is 0.232. The summed E-state index contributed by atoms with van der Waals surface area (Å²) < 4.78 is 7.95. The number of alkyl carbamates (subject to hydrolysis) is 1. The molecule has 1 aromatic heterocycles. The molecule has 1 aliphatic carbocycles. The summed E-state index contributed by atoms with van der Waals surface area (Å²) >= 11 is 0. The number of aromatic nitrogens is 2. The van der Waals surface area contributed by atoms with Crippen molar-refractivity contribution in [3.8, 4) is 11.1 Å². The molecule has 11 nitrogen and oxygen atoms in total. The van der Waals surface area contributed by atoms with Crippen LogP contribution in [0.2, 0.25) is 0 Å². The topological polar surface area (TPSA) is 143 Å². The Morgan fingerprint density at radius 3 is 1.67 bits per heavy atom. The lowest BCUT2D eigenvalue weighted by Gasteiger charge is -2.37. The number of hydrogen-bond acceptors (Lipinski definition) is 6. The first-order chi connectivity index (χ1) is 32.5. The quantitative estimate of drug-likeness (QED) is 0.0731. The van der Waals surface area contributed by atoms with Crippen LogP contribution in [0.1, 0.15) is 65.3 Å². The summed E-state index contributed by atoms with van der Waals surface area (Å²) in [6.07, 6.45) is 3.02. The van der Waals surface area contributed by atoms with E-state index < -0.39 is 47.5 Å². The SMILES string of the molecule is CC(C)C[C@H](NC(=O)[C@H](Cc1cn(C(c2ccccc2)(c2ccccc2)c2ccccc2)cn1)N(C)C(=O)[C@H](Cc1ccccc1)NC(=O)OCC1c2ccccc2-c2ccccc21)C(=O)O. The van der Waals surface area contributed by atoms with Crippen LogP contribution in [-0.4, -0.2) is 75.2 Å². The summed E-state index contributed by atoms with van der Waals surface area (Å²) in [5.74, 6) is -2.67. The van der Waals surface area contributed by atoms with Crippen LogP contribution in [0.25, 0.3) is 11.1 Å². The van der Waals surface area contributed by atoms with Gasteiger partial charge < -0.3 is 29.9 Å². The van der Waals surface area contributed by atoms with Crippen LogP contribution >= 0.6 is 0 Å². The van der Waals surface area contributed by atoms with Crippen molar-refractivity contribution in [1.82, 2.24) is 25.1 Å². The molecule has 3 amide bonds. The van der Waals surface area contributed by atoms with E-state index in [0.29, 0.717) is 5.69 Å². The minimum absolute atomic E-state index is 0.0402. The Hall–Kier alpha value is -7.79. The van der Waals surface area contributed by atoms with Gasteiger partial charge in [0.15, 0.2) is 0 Å². The Balaban J connectivity index is 1.12. The number of carbonyl (C=O) groups excluding carboxylic acids is 3. The molecule has 0 radical (unpaired) electrons. The average molecular weight is 894 g/mol. The summed E-state index contributed by atoms with van der Waals surface area (Å²) in [5.41, 5.74) is 7.55. The number of likely N-dealkylation sites (N-methyl/N-ethyl adjacent to an activating group) is 1. The third kappa shape index (κ3) is 9.91. The summed E-state index contributed by atoms with van der Waals surface area (Å²) in [4.78, 5) is 62.1. The maximum atomic E-state index is 15.0. The maximum Gasteiger partial charge on any atom is 0.407 e. The highest BCUT2D eigenvalue weighted by Crippen LogP contribution is 2.45. The Morgan fingerprint density at radius 1 is 0.672 bits per heavy atom. The average Bonchev–Trinajstić information content (AvgIpc) is 3.95. The number of nitrogens with one attached hydrogen (secondary N) is 2. The molecule has 0 spiro atoms. The molecule has 0 aliphatic heterocycles. The molecule has 11 heteroatoms. The van der Waals surface area contributed by atoms with Crippen LogP contribution in [0.4, 0.5) is 4.79 Å². The molecule has 7 aromatic rings. The monoisotopic (exact) mass is 893 g/mol. The highest BCUT2D eigenvalue weighted by Gasteiger charge is 2.40. The van der Waals surface area contributed by atoms with E-state index in [9.17, 15) is 24.3 Å². The molecule has 67 heavy (non-hydrogen) atoms. The van der Waals surface area contributed by atoms with Gasteiger partial charge >= 0.3 is 12.1 Å². The van der Waals surface area contributed by atoms with E-state index in [0.717, 1.165) is 44.5 Å². The number of rotatable bonds is 18. The number of carbonyl (C=O) groups is 4. The Labute approximate surface area is 391 Å². The van der Waals surface area contributed by atoms with E-state index in [1.54, 1.807) is 6.33 Å². The molecule has 8 rings (SSSR count). The smallest absolute Gasteiger partial charge is 0.407 e. The van der Waals surface area contributed by atoms with Gasteiger partial charge in [-0.1, -0.05) is 184 Å². The van der Waals surface area contributed by atoms with Crippen LogP contribution in [0.15, 0.2) is 182 Å². The van der Waals surface area contributed by atoms with Crippen molar-refractivity contribution in [2.45, 2.75) is 62.7 Å². The fourth-order valence-electron chi connectivity index (χ4n) is 9.43. The molecule has 3 atom stereocenters. The fourth-order valence-corrected chi connectivity index (χ4v) is 9.43. The summed E-state index contributed by atoms with van der Waals surface area (Å²) in [6, 6.07) is 52.0. The number of nitrogens with zero attached hydrogens (tertiary/aromatic N) is 3. The van der Waals surface area contributed by atoms with Gasteiger partial charge in [-0.3, -0.25) is 9.59 Å². The molecule has 0 bridgehead atoms. The van der Waals surface area contributed by atoms with Crippen LogP contribution in [0, 0.1) is 5.92 Å². The lowest BCUT2D eigenvalue weighted by molar-refractivity contribution is -0.145. The molecule has 340 valence electrons. The number of ether oxygens (including phenoxy) is 1. The number of aliphatic carboxylic acids is 1. The van der Waals surface area contributed by atoms with Crippen molar-refractivity contribution in [1.29, 1.82) is 0 Å². The van der Waals surface area contributed by atoms with E-state index >= 15 is 0 Å². The molecule has 0 fully saturated rings. The van der Waals surface area contributed by atoms with Crippen molar-refractivity contribution in [2.24, 2.45) is 5.92 Å². The van der Waals surface area contributed by atoms with Crippen molar-refractivity contribution >= 4 is 23.9 Å². The summed E-state index contributed by atoms with van der Waals surface area (Å²) in [6.45, 7) is 3.80. The van der Waals surface area contributed by atoms with E-state index in [1.165, 1.54) is 11.9 Å². The molecule has 0 saturated carbocycles. The minimum Gasteiger partial charge on any atom is -0.480 e. The number of amides is 3. The first-order valence-electron chi connectivity index (χ1n) is 22.7. The molecule has 1 aliphatic rings. The number of carboxylic acid groups (broad SMARTS) is 1. The van der Waals surface area contributed by atoms with Crippen LogP contribution in [0.3, 0.4) is 0 Å². The van der Waals surface area contributed by atoms with Gasteiger partial charge in [-0.2, -0.15) is 0 Å².